The lowest BCUT2D eigenvalue weighted by molar-refractivity contribution is 1.37. The van der Waals surface area contributed by atoms with E-state index in [9.17, 15) is 5.26 Å². The number of hydrogen-bond acceptors (Lipinski definition) is 3. The molecule has 0 atom stereocenters. The lowest BCUT2D eigenvalue weighted by Crippen LogP contribution is -1.83. The first-order chi connectivity index (χ1) is 11.2. The number of rotatable bonds is 3. The van der Waals surface area contributed by atoms with Crippen molar-refractivity contribution < 1.29 is 0 Å². The Hall–Kier alpha value is -1.93. The van der Waals surface area contributed by atoms with Crippen LogP contribution in [0.1, 0.15) is 10.6 Å². The van der Waals surface area contributed by atoms with Gasteiger partial charge < -0.3 is 0 Å². The Morgan fingerprint density at radius 3 is 2.61 bits per heavy atom. The van der Waals surface area contributed by atoms with Crippen molar-refractivity contribution in [1.82, 2.24) is 4.98 Å². The highest BCUT2D eigenvalue weighted by atomic mass is 79.9. The van der Waals surface area contributed by atoms with Crippen LogP contribution in [0, 0.1) is 11.3 Å². The molecular weight excluding hydrogens is 392 g/mol. The van der Waals surface area contributed by atoms with Crippen molar-refractivity contribution in [2.24, 2.45) is 0 Å². The summed E-state index contributed by atoms with van der Waals surface area (Å²) in [5.41, 5.74) is 3.20. The predicted octanol–water partition coefficient (Wildman–Crippen LogP) is 6.29. The van der Waals surface area contributed by atoms with E-state index in [0.717, 1.165) is 21.3 Å². The van der Waals surface area contributed by atoms with E-state index in [1.807, 2.05) is 47.8 Å². The van der Waals surface area contributed by atoms with E-state index in [1.165, 1.54) is 11.3 Å². The summed E-state index contributed by atoms with van der Waals surface area (Å²) in [4.78, 5) is 4.58. The van der Waals surface area contributed by atoms with Crippen molar-refractivity contribution in [1.29, 1.82) is 5.26 Å². The Balaban J connectivity index is 1.96. The maximum Gasteiger partial charge on any atom is 0.134 e. The fraction of sp³-hybridized carbons (Fsp3) is 0. The van der Waals surface area contributed by atoms with E-state index in [4.69, 9.17) is 11.6 Å². The van der Waals surface area contributed by atoms with Crippen LogP contribution in [-0.2, 0) is 0 Å². The van der Waals surface area contributed by atoms with E-state index < -0.39 is 0 Å². The van der Waals surface area contributed by atoms with Crippen LogP contribution in [-0.4, -0.2) is 4.98 Å². The van der Waals surface area contributed by atoms with Gasteiger partial charge in [0, 0.05) is 20.4 Å². The molecule has 112 valence electrons. The van der Waals surface area contributed by atoms with Crippen molar-refractivity contribution in [3.8, 4) is 17.3 Å². The van der Waals surface area contributed by atoms with Gasteiger partial charge in [-0.05, 0) is 29.8 Å². The highest BCUT2D eigenvalue weighted by Crippen LogP contribution is 2.29. The van der Waals surface area contributed by atoms with Gasteiger partial charge >= 0.3 is 0 Å². The standard InChI is InChI=1S/C18H10BrClN2S/c19-15-7-5-12(6-8-15)17-11-23-18(22-17)14(10-21)9-13-3-1-2-4-16(13)20/h1-9,11H. The average Bonchev–Trinajstić information content (AvgIpc) is 3.04. The molecule has 2 nitrogen and oxygen atoms in total. The summed E-state index contributed by atoms with van der Waals surface area (Å²) in [6, 6.07) is 17.6. The topological polar surface area (TPSA) is 36.7 Å². The molecule has 0 unspecified atom stereocenters. The fourth-order valence-corrected chi connectivity index (χ4v) is 3.29. The third-order valence-electron chi connectivity index (χ3n) is 3.20. The number of nitriles is 1. The van der Waals surface area contributed by atoms with Gasteiger partial charge in [0.05, 0.1) is 11.3 Å². The molecule has 0 N–H and O–H groups in total. The number of thiazole rings is 1. The Bertz CT molecular complexity index is 907. The molecule has 3 aromatic rings. The molecular formula is C18H10BrClN2S. The van der Waals surface area contributed by atoms with Gasteiger partial charge in [0.2, 0.25) is 0 Å². The van der Waals surface area contributed by atoms with Crippen LogP contribution in [0.3, 0.4) is 0 Å². The van der Waals surface area contributed by atoms with Crippen molar-refractivity contribution in [3.05, 3.63) is 74.0 Å². The number of allylic oxidation sites excluding steroid dienone is 1. The minimum atomic E-state index is 0.506. The average molecular weight is 402 g/mol. The van der Waals surface area contributed by atoms with Crippen molar-refractivity contribution in [2.75, 3.05) is 0 Å². The predicted molar refractivity (Wildman–Crippen MR) is 100 cm³/mol. The SMILES string of the molecule is N#CC(=Cc1ccccc1Cl)c1nc(-c2ccc(Br)cc2)cs1. The summed E-state index contributed by atoms with van der Waals surface area (Å²) in [6.45, 7) is 0. The molecule has 0 fully saturated rings. The molecule has 0 radical (unpaired) electrons. The molecule has 0 aliphatic rings. The van der Waals surface area contributed by atoms with Gasteiger partial charge in [-0.1, -0.05) is 57.9 Å². The summed E-state index contributed by atoms with van der Waals surface area (Å²) in [7, 11) is 0. The molecule has 3 rings (SSSR count). The van der Waals surface area contributed by atoms with Gasteiger partial charge in [-0.25, -0.2) is 4.98 Å². The molecule has 2 aromatic carbocycles. The van der Waals surface area contributed by atoms with Crippen LogP contribution in [0.2, 0.25) is 5.02 Å². The molecule has 23 heavy (non-hydrogen) atoms. The van der Waals surface area contributed by atoms with Gasteiger partial charge in [0.25, 0.3) is 0 Å². The molecule has 0 spiro atoms. The number of nitrogens with zero attached hydrogens (tertiary/aromatic N) is 2. The number of benzene rings is 2. The highest BCUT2D eigenvalue weighted by Gasteiger charge is 2.10. The number of aromatic nitrogens is 1. The quantitative estimate of drug-likeness (QED) is 0.483. The third kappa shape index (κ3) is 3.70. The normalized spacial score (nSPS) is 11.3. The maximum absolute atomic E-state index is 9.45. The summed E-state index contributed by atoms with van der Waals surface area (Å²) in [6.07, 6.45) is 1.77. The molecule has 0 saturated heterocycles. The Labute approximate surface area is 151 Å². The number of hydrogen-bond donors (Lipinski definition) is 0. The van der Waals surface area contributed by atoms with E-state index >= 15 is 0 Å². The Kier molecular flexibility index (Phi) is 4.92. The molecule has 0 aliphatic carbocycles. The lowest BCUT2D eigenvalue weighted by atomic mass is 10.1. The highest BCUT2D eigenvalue weighted by molar-refractivity contribution is 9.10. The fourth-order valence-electron chi connectivity index (χ4n) is 2.04. The monoisotopic (exact) mass is 400 g/mol. The molecule has 0 bridgehead atoms. The summed E-state index contributed by atoms with van der Waals surface area (Å²) in [5.74, 6) is 0. The second kappa shape index (κ2) is 7.10. The van der Waals surface area contributed by atoms with Crippen LogP contribution >= 0.6 is 38.9 Å². The van der Waals surface area contributed by atoms with Gasteiger partial charge in [0.1, 0.15) is 11.1 Å². The van der Waals surface area contributed by atoms with E-state index in [0.29, 0.717) is 15.6 Å². The van der Waals surface area contributed by atoms with Gasteiger partial charge in [0.15, 0.2) is 0 Å². The zero-order valence-electron chi connectivity index (χ0n) is 11.8. The second-order valence-electron chi connectivity index (χ2n) is 4.74. The molecule has 5 heteroatoms. The molecule has 0 aliphatic heterocycles. The van der Waals surface area contributed by atoms with E-state index in [1.54, 1.807) is 12.1 Å². The summed E-state index contributed by atoms with van der Waals surface area (Å²) < 4.78 is 1.02. The third-order valence-corrected chi connectivity index (χ3v) is 4.95. The first-order valence-electron chi connectivity index (χ1n) is 6.75. The van der Waals surface area contributed by atoms with Crippen LogP contribution in [0.15, 0.2) is 58.4 Å². The summed E-state index contributed by atoms with van der Waals surface area (Å²) in [5, 5.41) is 12.7. The molecule has 0 saturated carbocycles. The Morgan fingerprint density at radius 1 is 1.17 bits per heavy atom. The number of halogens is 2. The van der Waals surface area contributed by atoms with Gasteiger partial charge in [-0.15, -0.1) is 11.3 Å². The van der Waals surface area contributed by atoms with E-state index in [-0.39, 0.29) is 0 Å². The maximum atomic E-state index is 9.45. The van der Waals surface area contributed by atoms with Crippen molar-refractivity contribution in [3.63, 3.8) is 0 Å². The smallest absolute Gasteiger partial charge is 0.134 e. The minimum absolute atomic E-state index is 0.506. The molecule has 0 amide bonds. The first-order valence-corrected chi connectivity index (χ1v) is 8.80. The minimum Gasteiger partial charge on any atom is -0.235 e. The molecule has 1 aromatic heterocycles. The first kappa shape index (κ1) is 15.9. The van der Waals surface area contributed by atoms with Crippen molar-refractivity contribution in [2.45, 2.75) is 0 Å². The van der Waals surface area contributed by atoms with Crippen LogP contribution < -0.4 is 0 Å². The van der Waals surface area contributed by atoms with Gasteiger partial charge in [-0.3, -0.25) is 0 Å². The largest absolute Gasteiger partial charge is 0.235 e. The van der Waals surface area contributed by atoms with Crippen LogP contribution in [0.25, 0.3) is 22.9 Å². The zero-order valence-corrected chi connectivity index (χ0v) is 15.0. The van der Waals surface area contributed by atoms with Gasteiger partial charge in [-0.2, -0.15) is 5.26 Å². The van der Waals surface area contributed by atoms with Crippen LogP contribution in [0.4, 0.5) is 0 Å². The van der Waals surface area contributed by atoms with E-state index in [2.05, 4.69) is 27.0 Å². The lowest BCUT2D eigenvalue weighted by Gasteiger charge is -1.99. The second-order valence-corrected chi connectivity index (χ2v) is 6.92. The zero-order chi connectivity index (χ0) is 16.2. The van der Waals surface area contributed by atoms with Crippen LogP contribution in [0.5, 0.6) is 0 Å². The summed E-state index contributed by atoms with van der Waals surface area (Å²) >= 11 is 11.0. The Morgan fingerprint density at radius 2 is 1.91 bits per heavy atom. The molecule has 1 heterocycles. The van der Waals surface area contributed by atoms with Crippen molar-refractivity contribution >= 4 is 50.5 Å².